The first-order chi connectivity index (χ1) is 16.0. The van der Waals surface area contributed by atoms with E-state index < -0.39 is 0 Å². The molecular weight excluding hydrogens is 421 g/mol. The van der Waals surface area contributed by atoms with E-state index in [-0.39, 0.29) is 5.82 Å². The van der Waals surface area contributed by atoms with E-state index in [0.717, 1.165) is 33.5 Å². The topological polar surface area (TPSA) is 95.3 Å². The summed E-state index contributed by atoms with van der Waals surface area (Å²) in [5.41, 5.74) is 12.8. The number of fused-ring (bicyclic) bond motifs is 2. The van der Waals surface area contributed by atoms with Crippen LogP contribution in [-0.4, -0.2) is 44.2 Å². The second-order valence-electron chi connectivity index (χ2n) is 7.86. The van der Waals surface area contributed by atoms with E-state index in [1.165, 1.54) is 12.1 Å². The molecule has 8 nitrogen and oxygen atoms in total. The van der Waals surface area contributed by atoms with E-state index in [0.29, 0.717) is 36.9 Å². The third-order valence-electron chi connectivity index (χ3n) is 5.59. The predicted molar refractivity (Wildman–Crippen MR) is 126 cm³/mol. The molecule has 0 aliphatic carbocycles. The van der Waals surface area contributed by atoms with Gasteiger partial charge in [-0.2, -0.15) is 0 Å². The molecular formula is C24H24FN7O. The van der Waals surface area contributed by atoms with Crippen molar-refractivity contribution in [1.82, 2.24) is 29.2 Å². The zero-order chi connectivity index (χ0) is 22.9. The van der Waals surface area contributed by atoms with Crippen molar-refractivity contribution in [3.05, 3.63) is 66.5 Å². The van der Waals surface area contributed by atoms with Crippen LogP contribution in [0.1, 0.15) is 5.69 Å². The number of nitrogen functional groups attached to an aromatic ring is 1. The highest BCUT2D eigenvalue weighted by atomic mass is 19.1. The molecule has 0 atom stereocenters. The average Bonchev–Trinajstić information content (AvgIpc) is 3.41. The minimum atomic E-state index is -0.308. The van der Waals surface area contributed by atoms with E-state index in [9.17, 15) is 4.39 Å². The number of nitrogens with one attached hydrogen (secondary N) is 1. The fraction of sp³-hybridized carbons (Fsp3) is 0.208. The van der Waals surface area contributed by atoms with Crippen LogP contribution in [0.5, 0.6) is 0 Å². The van der Waals surface area contributed by atoms with Crippen LogP contribution in [0.15, 0.2) is 55.0 Å². The van der Waals surface area contributed by atoms with Gasteiger partial charge in [0.2, 0.25) is 0 Å². The summed E-state index contributed by atoms with van der Waals surface area (Å²) < 4.78 is 22.7. The number of nitrogens with zero attached hydrogens (tertiary/aromatic N) is 5. The van der Waals surface area contributed by atoms with E-state index in [1.807, 2.05) is 34.3 Å². The van der Waals surface area contributed by atoms with Gasteiger partial charge >= 0.3 is 0 Å². The van der Waals surface area contributed by atoms with Crippen molar-refractivity contribution in [2.75, 3.05) is 26.0 Å². The van der Waals surface area contributed by atoms with Gasteiger partial charge in [-0.3, -0.25) is 4.40 Å². The molecule has 168 valence electrons. The van der Waals surface area contributed by atoms with E-state index in [2.05, 4.69) is 16.4 Å². The van der Waals surface area contributed by atoms with Gasteiger partial charge in [-0.1, -0.05) is 6.07 Å². The molecule has 2 aromatic carbocycles. The van der Waals surface area contributed by atoms with Gasteiger partial charge in [0.15, 0.2) is 11.5 Å². The quantitative estimate of drug-likeness (QED) is 0.373. The summed E-state index contributed by atoms with van der Waals surface area (Å²) >= 11 is 0. The summed E-state index contributed by atoms with van der Waals surface area (Å²) in [7, 11) is 3.62. The lowest BCUT2D eigenvalue weighted by Gasteiger charge is -2.14. The van der Waals surface area contributed by atoms with Crippen molar-refractivity contribution >= 4 is 22.5 Å². The van der Waals surface area contributed by atoms with Crippen LogP contribution in [-0.2, 0) is 18.3 Å². The molecule has 0 aliphatic heterocycles. The van der Waals surface area contributed by atoms with Crippen LogP contribution in [0.4, 0.5) is 10.2 Å². The van der Waals surface area contributed by atoms with Gasteiger partial charge in [0.1, 0.15) is 5.82 Å². The Balaban J connectivity index is 1.72. The number of imidazole rings is 2. The maximum Gasteiger partial charge on any atom is 0.180 e. The van der Waals surface area contributed by atoms with Crippen LogP contribution in [0.25, 0.3) is 39.2 Å². The Morgan fingerprint density at radius 1 is 1.09 bits per heavy atom. The number of aryl methyl sites for hydroxylation is 1. The number of aromatic nitrogens is 5. The van der Waals surface area contributed by atoms with Gasteiger partial charge in [0.25, 0.3) is 0 Å². The molecule has 0 saturated heterocycles. The number of hydrogen-bond acceptors (Lipinski definition) is 6. The van der Waals surface area contributed by atoms with Crippen molar-refractivity contribution < 1.29 is 9.13 Å². The molecule has 0 spiro atoms. The lowest BCUT2D eigenvalue weighted by atomic mass is 10.0. The van der Waals surface area contributed by atoms with Crippen molar-refractivity contribution in [1.29, 1.82) is 0 Å². The minimum absolute atomic E-state index is 0.308. The summed E-state index contributed by atoms with van der Waals surface area (Å²) in [5.74, 6) is 0.000493. The third kappa shape index (κ3) is 3.92. The SMILES string of the molecule is COCCNCc1cn2c(-c3ccc4ncn(C)c4c3)c(-c3ccc(F)cc3)nc(N)c2n1. The van der Waals surface area contributed by atoms with Crippen LogP contribution < -0.4 is 11.1 Å². The third-order valence-corrected chi connectivity index (χ3v) is 5.59. The standard InChI is InChI=1S/C24H24FN7O/c1-31-14-28-19-8-5-16(11-20(19)31)22-21(15-3-6-17(25)7-4-15)30-23(26)24-29-18(13-32(22)24)12-27-9-10-33-2/h3-8,11,13-14,27H,9-10,12H2,1-2H3,(H2,26,30). The number of methoxy groups -OCH3 is 1. The summed E-state index contributed by atoms with van der Waals surface area (Å²) in [6.45, 7) is 1.89. The van der Waals surface area contributed by atoms with Crippen LogP contribution in [0, 0.1) is 5.82 Å². The maximum absolute atomic E-state index is 13.6. The van der Waals surface area contributed by atoms with Gasteiger partial charge in [-0.05, 0) is 36.4 Å². The summed E-state index contributed by atoms with van der Waals surface area (Å²) in [6.07, 6.45) is 3.75. The molecule has 5 aromatic rings. The monoisotopic (exact) mass is 445 g/mol. The molecule has 5 rings (SSSR count). The molecule has 0 fully saturated rings. The molecule has 3 heterocycles. The minimum Gasteiger partial charge on any atom is -0.383 e. The maximum atomic E-state index is 13.6. The number of rotatable bonds is 7. The molecule has 9 heteroatoms. The number of nitrogens with two attached hydrogens (primary N) is 1. The zero-order valence-corrected chi connectivity index (χ0v) is 18.4. The first-order valence-corrected chi connectivity index (χ1v) is 10.6. The second kappa shape index (κ2) is 8.61. The fourth-order valence-corrected chi connectivity index (χ4v) is 3.95. The lowest BCUT2D eigenvalue weighted by Crippen LogP contribution is -2.18. The van der Waals surface area contributed by atoms with E-state index in [1.54, 1.807) is 25.6 Å². The molecule has 0 bridgehead atoms. The Morgan fingerprint density at radius 2 is 1.88 bits per heavy atom. The van der Waals surface area contributed by atoms with Crippen molar-refractivity contribution in [2.24, 2.45) is 7.05 Å². The summed E-state index contributed by atoms with van der Waals surface area (Å²) in [4.78, 5) is 13.8. The number of ether oxygens (including phenoxy) is 1. The molecule has 0 radical (unpaired) electrons. The highest BCUT2D eigenvalue weighted by Crippen LogP contribution is 2.34. The summed E-state index contributed by atoms with van der Waals surface area (Å²) in [6, 6.07) is 12.3. The fourth-order valence-electron chi connectivity index (χ4n) is 3.95. The highest BCUT2D eigenvalue weighted by molar-refractivity contribution is 5.88. The van der Waals surface area contributed by atoms with Gasteiger partial charge in [-0.15, -0.1) is 0 Å². The zero-order valence-electron chi connectivity index (χ0n) is 18.4. The molecule has 3 aromatic heterocycles. The normalized spacial score (nSPS) is 11.6. The predicted octanol–water partition coefficient (Wildman–Crippen LogP) is 3.41. The smallest absolute Gasteiger partial charge is 0.180 e. The van der Waals surface area contributed by atoms with Gasteiger partial charge in [-0.25, -0.2) is 19.3 Å². The average molecular weight is 446 g/mol. The number of hydrogen-bond donors (Lipinski definition) is 2. The number of benzene rings is 2. The molecule has 33 heavy (non-hydrogen) atoms. The summed E-state index contributed by atoms with van der Waals surface area (Å²) in [5, 5.41) is 3.31. The Morgan fingerprint density at radius 3 is 2.67 bits per heavy atom. The largest absolute Gasteiger partial charge is 0.383 e. The van der Waals surface area contributed by atoms with Gasteiger partial charge in [0.05, 0.1) is 41.0 Å². The highest BCUT2D eigenvalue weighted by Gasteiger charge is 2.19. The van der Waals surface area contributed by atoms with Crippen LogP contribution in [0.3, 0.4) is 0 Å². The molecule has 0 aliphatic rings. The molecule has 0 amide bonds. The van der Waals surface area contributed by atoms with E-state index in [4.69, 9.17) is 20.4 Å². The lowest BCUT2D eigenvalue weighted by molar-refractivity contribution is 0.199. The molecule has 0 unspecified atom stereocenters. The van der Waals surface area contributed by atoms with Crippen LogP contribution >= 0.6 is 0 Å². The second-order valence-corrected chi connectivity index (χ2v) is 7.86. The first-order valence-electron chi connectivity index (χ1n) is 10.6. The van der Waals surface area contributed by atoms with E-state index >= 15 is 0 Å². The Hall–Kier alpha value is -3.82. The van der Waals surface area contributed by atoms with Crippen molar-refractivity contribution in [2.45, 2.75) is 6.54 Å². The van der Waals surface area contributed by atoms with Gasteiger partial charge in [0, 0.05) is 44.6 Å². The first kappa shape index (κ1) is 21.0. The van der Waals surface area contributed by atoms with Crippen molar-refractivity contribution in [3.8, 4) is 22.5 Å². The Labute approximate surface area is 189 Å². The Kier molecular flexibility index (Phi) is 5.49. The Bertz CT molecular complexity index is 1440. The van der Waals surface area contributed by atoms with Crippen molar-refractivity contribution in [3.63, 3.8) is 0 Å². The number of anilines is 1. The van der Waals surface area contributed by atoms with Crippen LogP contribution in [0.2, 0.25) is 0 Å². The molecule has 0 saturated carbocycles. The number of halogens is 1. The molecule has 3 N–H and O–H groups in total. The van der Waals surface area contributed by atoms with Gasteiger partial charge < -0.3 is 20.4 Å².